The molecule has 0 radical (unpaired) electrons. The Kier molecular flexibility index (Phi) is 5.60. The van der Waals surface area contributed by atoms with Crippen LogP contribution in [0.3, 0.4) is 0 Å². The van der Waals surface area contributed by atoms with E-state index in [1.54, 1.807) is 30.7 Å². The summed E-state index contributed by atoms with van der Waals surface area (Å²) < 4.78 is 7.65. The Labute approximate surface area is 202 Å². The number of halogens is 1. The predicted octanol–water partition coefficient (Wildman–Crippen LogP) is 5.61. The third-order valence-corrected chi connectivity index (χ3v) is 6.66. The van der Waals surface area contributed by atoms with Gasteiger partial charge >= 0.3 is 0 Å². The van der Waals surface area contributed by atoms with Gasteiger partial charge in [0, 0.05) is 22.6 Å². The smallest absolute Gasteiger partial charge is 0.170 e. The van der Waals surface area contributed by atoms with Crippen LogP contribution in [0.4, 0.5) is 0 Å². The first-order valence-electron chi connectivity index (χ1n) is 10.6. The summed E-state index contributed by atoms with van der Waals surface area (Å²) in [4.78, 5) is 6.75. The standard InChI is InChI=1S/C25H23ClN4O2S/c1-15-12-19(16(2)30(15)21-13-17(26)8-9-22(21)31)24-23(20-7-3-4-10-27-20)28-25(33)29(24)14-18-6-5-11-32-18/h3-13,23-24,31H,14H2,1-2H3,(H,28,33)/t23-,24+/m1/s1. The number of phenolic OH excluding ortho intramolecular Hbond substituents is 1. The molecule has 6 nitrogen and oxygen atoms in total. The van der Waals surface area contributed by atoms with Crippen molar-refractivity contribution in [3.8, 4) is 11.4 Å². The van der Waals surface area contributed by atoms with Crippen LogP contribution in [0.15, 0.2) is 71.5 Å². The van der Waals surface area contributed by atoms with Gasteiger partial charge in [-0.05, 0) is 80.2 Å². The number of aromatic nitrogens is 2. The second kappa shape index (κ2) is 8.57. The van der Waals surface area contributed by atoms with E-state index in [9.17, 15) is 5.11 Å². The summed E-state index contributed by atoms with van der Waals surface area (Å²) in [7, 11) is 0. The van der Waals surface area contributed by atoms with Crippen molar-refractivity contribution in [2.45, 2.75) is 32.5 Å². The van der Waals surface area contributed by atoms with E-state index in [0.717, 1.165) is 28.4 Å². The van der Waals surface area contributed by atoms with Gasteiger partial charge in [0.05, 0.1) is 36.3 Å². The van der Waals surface area contributed by atoms with Crippen LogP contribution < -0.4 is 5.32 Å². The Balaban J connectivity index is 1.65. The Hall–Kier alpha value is -3.29. The predicted molar refractivity (Wildman–Crippen MR) is 132 cm³/mol. The molecular formula is C25H23ClN4O2S. The van der Waals surface area contributed by atoms with Gasteiger partial charge in [-0.1, -0.05) is 17.7 Å². The topological polar surface area (TPSA) is 66.5 Å². The van der Waals surface area contributed by atoms with E-state index in [2.05, 4.69) is 21.3 Å². The first-order chi connectivity index (χ1) is 15.9. The van der Waals surface area contributed by atoms with Crippen LogP contribution in [-0.2, 0) is 6.54 Å². The van der Waals surface area contributed by atoms with Crippen molar-refractivity contribution >= 4 is 28.9 Å². The zero-order valence-corrected chi connectivity index (χ0v) is 19.8. The highest BCUT2D eigenvalue weighted by atomic mass is 35.5. The molecule has 1 aromatic carbocycles. The molecule has 1 fully saturated rings. The summed E-state index contributed by atoms with van der Waals surface area (Å²) in [5.74, 6) is 0.994. The normalized spacial score (nSPS) is 18.0. The summed E-state index contributed by atoms with van der Waals surface area (Å²) in [6.07, 6.45) is 3.46. The molecule has 2 N–H and O–H groups in total. The molecule has 0 spiro atoms. The van der Waals surface area contributed by atoms with Gasteiger partial charge in [-0.15, -0.1) is 0 Å². The number of rotatable bonds is 5. The molecule has 1 aliphatic rings. The molecule has 0 unspecified atom stereocenters. The lowest BCUT2D eigenvalue weighted by Crippen LogP contribution is -2.29. The first-order valence-corrected chi connectivity index (χ1v) is 11.4. The number of benzene rings is 1. The van der Waals surface area contributed by atoms with Gasteiger partial charge in [0.25, 0.3) is 0 Å². The molecule has 3 aromatic heterocycles. The van der Waals surface area contributed by atoms with E-state index >= 15 is 0 Å². The minimum absolute atomic E-state index is 0.126. The number of hydrogen-bond acceptors (Lipinski definition) is 4. The highest BCUT2D eigenvalue weighted by Gasteiger charge is 2.41. The first kappa shape index (κ1) is 21.6. The fraction of sp³-hybridized carbons (Fsp3) is 0.200. The SMILES string of the molecule is Cc1cc([C@H]2[C@@H](c3ccccn3)NC(=S)N2Cc2ccco2)c(C)n1-c1cc(Cl)ccc1O. The summed E-state index contributed by atoms with van der Waals surface area (Å²) in [6.45, 7) is 4.59. The van der Waals surface area contributed by atoms with Gasteiger partial charge in [0.2, 0.25) is 0 Å². The number of hydrogen-bond donors (Lipinski definition) is 2. The minimum atomic E-state index is -0.143. The van der Waals surface area contributed by atoms with Crippen LogP contribution in [0.2, 0.25) is 5.02 Å². The quantitative estimate of drug-likeness (QED) is 0.363. The fourth-order valence-electron chi connectivity index (χ4n) is 4.62. The van der Waals surface area contributed by atoms with E-state index in [1.165, 1.54) is 0 Å². The van der Waals surface area contributed by atoms with Crippen LogP contribution in [0.25, 0.3) is 5.69 Å². The van der Waals surface area contributed by atoms with Gasteiger partial charge in [0.15, 0.2) is 5.11 Å². The average Bonchev–Trinajstić information content (AvgIpc) is 3.50. The molecule has 4 heterocycles. The Morgan fingerprint density at radius 1 is 1.15 bits per heavy atom. The molecule has 4 aromatic rings. The second-order valence-corrected chi connectivity index (χ2v) is 8.95. The maximum Gasteiger partial charge on any atom is 0.170 e. The number of furan rings is 1. The zero-order valence-electron chi connectivity index (χ0n) is 18.2. The van der Waals surface area contributed by atoms with Gasteiger partial charge in [0.1, 0.15) is 11.5 Å². The van der Waals surface area contributed by atoms with E-state index in [-0.39, 0.29) is 17.8 Å². The van der Waals surface area contributed by atoms with Crippen LogP contribution in [0, 0.1) is 13.8 Å². The molecule has 5 rings (SSSR count). The maximum atomic E-state index is 10.6. The maximum absolute atomic E-state index is 10.6. The zero-order chi connectivity index (χ0) is 23.1. The van der Waals surface area contributed by atoms with Crippen molar-refractivity contribution in [3.05, 3.63) is 100 Å². The van der Waals surface area contributed by atoms with Gasteiger partial charge in [-0.2, -0.15) is 0 Å². The molecule has 0 saturated carbocycles. The highest BCUT2D eigenvalue weighted by molar-refractivity contribution is 7.80. The molecule has 0 aliphatic carbocycles. The van der Waals surface area contributed by atoms with Crippen LogP contribution in [0.1, 0.15) is 40.5 Å². The number of thiocarbonyl (C=S) groups is 1. The number of nitrogens with zero attached hydrogens (tertiary/aromatic N) is 3. The van der Waals surface area contributed by atoms with Gasteiger partial charge < -0.3 is 24.3 Å². The van der Waals surface area contributed by atoms with Crippen molar-refractivity contribution < 1.29 is 9.52 Å². The Morgan fingerprint density at radius 3 is 2.73 bits per heavy atom. The Bertz CT molecular complexity index is 1300. The second-order valence-electron chi connectivity index (χ2n) is 8.13. The molecule has 1 saturated heterocycles. The number of aryl methyl sites for hydroxylation is 1. The molecule has 8 heteroatoms. The van der Waals surface area contributed by atoms with Crippen molar-refractivity contribution in [1.29, 1.82) is 0 Å². The lowest BCUT2D eigenvalue weighted by Gasteiger charge is -2.27. The van der Waals surface area contributed by atoms with E-state index in [0.29, 0.717) is 22.4 Å². The number of aromatic hydroxyl groups is 1. The number of nitrogens with one attached hydrogen (secondary N) is 1. The number of pyridine rings is 1. The summed E-state index contributed by atoms with van der Waals surface area (Å²) in [6, 6.07) is 16.6. The summed E-state index contributed by atoms with van der Waals surface area (Å²) >= 11 is 12.0. The van der Waals surface area contributed by atoms with Crippen LogP contribution in [-0.4, -0.2) is 24.7 Å². The largest absolute Gasteiger partial charge is 0.506 e. The molecule has 168 valence electrons. The minimum Gasteiger partial charge on any atom is -0.506 e. The average molecular weight is 479 g/mol. The van der Waals surface area contributed by atoms with Crippen molar-refractivity contribution in [2.75, 3.05) is 0 Å². The third-order valence-electron chi connectivity index (χ3n) is 6.07. The van der Waals surface area contributed by atoms with Crippen LogP contribution >= 0.6 is 23.8 Å². The van der Waals surface area contributed by atoms with Crippen molar-refractivity contribution in [3.63, 3.8) is 0 Å². The molecular weight excluding hydrogens is 456 g/mol. The van der Waals surface area contributed by atoms with Gasteiger partial charge in [-0.3, -0.25) is 4.98 Å². The molecule has 1 aliphatic heterocycles. The molecule has 33 heavy (non-hydrogen) atoms. The summed E-state index contributed by atoms with van der Waals surface area (Å²) in [5.41, 5.74) is 4.61. The lowest BCUT2D eigenvalue weighted by molar-refractivity contribution is 0.286. The van der Waals surface area contributed by atoms with Crippen molar-refractivity contribution in [2.24, 2.45) is 0 Å². The lowest BCUT2D eigenvalue weighted by atomic mass is 9.96. The molecule has 0 bridgehead atoms. The fourth-order valence-corrected chi connectivity index (χ4v) is 5.09. The molecule has 2 atom stereocenters. The van der Waals surface area contributed by atoms with E-state index < -0.39 is 0 Å². The molecule has 0 amide bonds. The number of phenols is 1. The summed E-state index contributed by atoms with van der Waals surface area (Å²) in [5, 5.41) is 15.2. The van der Waals surface area contributed by atoms with Crippen molar-refractivity contribution in [1.82, 2.24) is 19.8 Å². The monoisotopic (exact) mass is 478 g/mol. The van der Waals surface area contributed by atoms with Crippen LogP contribution in [0.5, 0.6) is 5.75 Å². The highest BCUT2D eigenvalue weighted by Crippen LogP contribution is 2.42. The van der Waals surface area contributed by atoms with E-state index in [1.807, 2.05) is 48.7 Å². The third kappa shape index (κ3) is 3.87. The van der Waals surface area contributed by atoms with E-state index in [4.69, 9.17) is 28.2 Å². The van der Waals surface area contributed by atoms with Gasteiger partial charge in [-0.25, -0.2) is 0 Å². The Morgan fingerprint density at radius 2 is 2.00 bits per heavy atom.